The lowest BCUT2D eigenvalue weighted by Gasteiger charge is -2.19. The lowest BCUT2D eigenvalue weighted by Crippen LogP contribution is -2.38. The lowest BCUT2D eigenvalue weighted by atomic mass is 10.1. The summed E-state index contributed by atoms with van der Waals surface area (Å²) in [6.07, 6.45) is 0.245. The zero-order valence-corrected chi connectivity index (χ0v) is 12.4. The maximum Gasteiger partial charge on any atom is 0.246 e. The second-order valence-electron chi connectivity index (χ2n) is 5.42. The highest BCUT2D eigenvalue weighted by atomic mass is 16.2. The molecule has 1 heterocycles. The number of anilines is 1. The summed E-state index contributed by atoms with van der Waals surface area (Å²) in [5, 5.41) is 3.23. The zero-order chi connectivity index (χ0) is 14.9. The predicted octanol–water partition coefficient (Wildman–Crippen LogP) is 1.16. The molecular weight excluding hydrogens is 254 g/mol. The maximum absolute atomic E-state index is 11.9. The number of hydrogen-bond donors (Lipinski definition) is 1. The first-order chi connectivity index (χ1) is 9.40. The largest absolute Gasteiger partial charge is 0.378 e. The van der Waals surface area contributed by atoms with E-state index in [0.717, 1.165) is 11.3 Å². The van der Waals surface area contributed by atoms with Gasteiger partial charge in [-0.05, 0) is 24.6 Å². The Morgan fingerprint density at radius 2 is 1.85 bits per heavy atom. The average Bonchev–Trinajstić information content (AvgIpc) is 2.66. The van der Waals surface area contributed by atoms with Gasteiger partial charge >= 0.3 is 0 Å². The minimum Gasteiger partial charge on any atom is -0.378 e. The number of amides is 2. The van der Waals surface area contributed by atoms with Crippen molar-refractivity contribution in [3.63, 3.8) is 0 Å². The molecule has 2 rings (SSSR count). The fourth-order valence-corrected chi connectivity index (χ4v) is 2.34. The summed E-state index contributed by atoms with van der Waals surface area (Å²) in [7, 11) is 5.52. The van der Waals surface area contributed by atoms with Gasteiger partial charge in [-0.15, -0.1) is 0 Å². The number of hydrogen-bond acceptors (Lipinski definition) is 4. The Balaban J connectivity index is 2.03. The van der Waals surface area contributed by atoms with Gasteiger partial charge in [0.25, 0.3) is 0 Å². The molecule has 1 aliphatic rings. The molecule has 0 saturated carbocycles. The van der Waals surface area contributed by atoms with E-state index in [0.29, 0.717) is 0 Å². The van der Waals surface area contributed by atoms with Crippen molar-refractivity contribution < 1.29 is 9.59 Å². The molecule has 1 saturated heterocycles. The SMILES string of the molecule is CC(NC1CC(=O)N(C)C1=O)c1ccc(N(C)C)cc1. The number of carbonyl (C=O) groups is 2. The maximum atomic E-state index is 11.9. The average molecular weight is 275 g/mol. The molecule has 1 fully saturated rings. The fourth-order valence-electron chi connectivity index (χ4n) is 2.34. The van der Waals surface area contributed by atoms with E-state index >= 15 is 0 Å². The third kappa shape index (κ3) is 2.82. The molecule has 0 aromatic heterocycles. The monoisotopic (exact) mass is 275 g/mol. The van der Waals surface area contributed by atoms with E-state index in [1.54, 1.807) is 0 Å². The Morgan fingerprint density at radius 3 is 2.30 bits per heavy atom. The first-order valence-electron chi connectivity index (χ1n) is 6.74. The van der Waals surface area contributed by atoms with Crippen molar-refractivity contribution in [2.45, 2.75) is 25.4 Å². The van der Waals surface area contributed by atoms with Crippen LogP contribution in [0.25, 0.3) is 0 Å². The van der Waals surface area contributed by atoms with Crippen molar-refractivity contribution in [2.24, 2.45) is 0 Å². The topological polar surface area (TPSA) is 52.7 Å². The third-order valence-electron chi connectivity index (χ3n) is 3.74. The highest BCUT2D eigenvalue weighted by Gasteiger charge is 2.36. The predicted molar refractivity (Wildman–Crippen MR) is 78.5 cm³/mol. The van der Waals surface area contributed by atoms with Gasteiger partial charge in [0.2, 0.25) is 11.8 Å². The molecule has 2 amide bonds. The Hall–Kier alpha value is -1.88. The minimum absolute atomic E-state index is 0.0273. The van der Waals surface area contributed by atoms with Gasteiger partial charge in [-0.25, -0.2) is 0 Å². The van der Waals surface area contributed by atoms with Gasteiger partial charge < -0.3 is 4.90 Å². The van der Waals surface area contributed by atoms with E-state index in [1.807, 2.05) is 50.2 Å². The molecule has 1 aromatic rings. The first kappa shape index (κ1) is 14.5. The van der Waals surface area contributed by atoms with E-state index in [2.05, 4.69) is 5.32 Å². The van der Waals surface area contributed by atoms with Crippen molar-refractivity contribution in [1.29, 1.82) is 0 Å². The van der Waals surface area contributed by atoms with Crippen LogP contribution in [0.5, 0.6) is 0 Å². The summed E-state index contributed by atoms with van der Waals surface area (Å²) in [6.45, 7) is 2.00. The van der Waals surface area contributed by atoms with E-state index in [1.165, 1.54) is 11.9 Å². The van der Waals surface area contributed by atoms with Crippen molar-refractivity contribution in [1.82, 2.24) is 10.2 Å². The molecule has 1 N–H and O–H groups in total. The second-order valence-corrected chi connectivity index (χ2v) is 5.42. The van der Waals surface area contributed by atoms with Crippen LogP contribution in [-0.4, -0.2) is 43.9 Å². The third-order valence-corrected chi connectivity index (χ3v) is 3.74. The molecule has 0 spiro atoms. The van der Waals surface area contributed by atoms with Crippen molar-refractivity contribution in [3.05, 3.63) is 29.8 Å². The highest BCUT2D eigenvalue weighted by molar-refractivity contribution is 6.05. The number of carbonyl (C=O) groups excluding carboxylic acids is 2. The van der Waals surface area contributed by atoms with Crippen molar-refractivity contribution >= 4 is 17.5 Å². The Morgan fingerprint density at radius 1 is 1.25 bits per heavy atom. The van der Waals surface area contributed by atoms with Crippen molar-refractivity contribution in [2.75, 3.05) is 26.0 Å². The Kier molecular flexibility index (Phi) is 4.09. The van der Waals surface area contributed by atoms with E-state index < -0.39 is 6.04 Å². The van der Waals surface area contributed by atoms with E-state index in [9.17, 15) is 9.59 Å². The van der Waals surface area contributed by atoms with E-state index in [4.69, 9.17) is 0 Å². The van der Waals surface area contributed by atoms with Gasteiger partial charge in [0.05, 0.1) is 12.5 Å². The summed E-state index contributed by atoms with van der Waals surface area (Å²) in [5.74, 6) is -0.269. The van der Waals surface area contributed by atoms with Crippen LogP contribution in [-0.2, 0) is 9.59 Å². The van der Waals surface area contributed by atoms with Crippen LogP contribution in [0.4, 0.5) is 5.69 Å². The number of rotatable bonds is 4. The molecule has 5 nitrogen and oxygen atoms in total. The fraction of sp³-hybridized carbons (Fsp3) is 0.467. The molecule has 1 aromatic carbocycles. The quantitative estimate of drug-likeness (QED) is 0.838. The van der Waals surface area contributed by atoms with Gasteiger partial charge in [0.1, 0.15) is 0 Å². The minimum atomic E-state index is -0.406. The standard InChI is InChI=1S/C15H21N3O2/c1-10(11-5-7-12(8-6-11)17(2)3)16-13-9-14(19)18(4)15(13)20/h5-8,10,13,16H,9H2,1-4H3. The molecular formula is C15H21N3O2. The lowest BCUT2D eigenvalue weighted by molar-refractivity contribution is -0.137. The molecule has 2 unspecified atom stereocenters. The molecule has 5 heteroatoms. The molecule has 1 aliphatic heterocycles. The van der Waals surface area contributed by atoms with Gasteiger partial charge in [-0.1, -0.05) is 12.1 Å². The summed E-state index contributed by atoms with van der Waals surface area (Å²) in [4.78, 5) is 26.6. The summed E-state index contributed by atoms with van der Waals surface area (Å²) < 4.78 is 0. The number of nitrogens with one attached hydrogen (secondary N) is 1. The number of imide groups is 1. The van der Waals surface area contributed by atoms with Crippen LogP contribution in [0.2, 0.25) is 0 Å². The zero-order valence-electron chi connectivity index (χ0n) is 12.4. The molecule has 108 valence electrons. The smallest absolute Gasteiger partial charge is 0.246 e. The van der Waals surface area contributed by atoms with E-state index in [-0.39, 0.29) is 24.3 Å². The molecule has 20 heavy (non-hydrogen) atoms. The van der Waals surface area contributed by atoms with Crippen LogP contribution < -0.4 is 10.2 Å². The van der Waals surface area contributed by atoms with Gasteiger partial charge in [-0.3, -0.25) is 19.8 Å². The van der Waals surface area contributed by atoms with Gasteiger partial charge in [-0.2, -0.15) is 0 Å². The highest BCUT2D eigenvalue weighted by Crippen LogP contribution is 2.20. The normalized spacial score (nSPS) is 20.4. The van der Waals surface area contributed by atoms with Crippen LogP contribution in [0.1, 0.15) is 24.9 Å². The van der Waals surface area contributed by atoms with Crippen LogP contribution in [0.3, 0.4) is 0 Å². The molecule has 0 aliphatic carbocycles. The van der Waals surface area contributed by atoms with Crippen molar-refractivity contribution in [3.8, 4) is 0 Å². The number of benzene rings is 1. The summed E-state index contributed by atoms with van der Waals surface area (Å²) in [6, 6.07) is 7.79. The van der Waals surface area contributed by atoms with Crippen LogP contribution in [0.15, 0.2) is 24.3 Å². The summed E-state index contributed by atoms with van der Waals surface area (Å²) >= 11 is 0. The molecule has 2 atom stereocenters. The van der Waals surface area contributed by atoms with Crippen LogP contribution >= 0.6 is 0 Å². The number of nitrogens with zero attached hydrogens (tertiary/aromatic N) is 2. The summed E-state index contributed by atoms with van der Waals surface area (Å²) in [5.41, 5.74) is 2.23. The molecule has 0 bridgehead atoms. The molecule has 0 radical (unpaired) electrons. The Labute approximate surface area is 119 Å². The number of likely N-dealkylation sites (tertiary alicyclic amines) is 1. The van der Waals surface area contributed by atoms with Gasteiger partial charge in [0, 0.05) is 32.9 Å². The number of likely N-dealkylation sites (N-methyl/N-ethyl adjacent to an activating group) is 1. The Bertz CT molecular complexity index is 510. The van der Waals surface area contributed by atoms with Crippen LogP contribution in [0, 0.1) is 0 Å². The second kappa shape index (κ2) is 5.63. The van der Waals surface area contributed by atoms with Gasteiger partial charge in [0.15, 0.2) is 0 Å². The first-order valence-corrected chi connectivity index (χ1v) is 6.74.